The number of ether oxygens (including phenoxy) is 1. The summed E-state index contributed by atoms with van der Waals surface area (Å²) < 4.78 is 5.71. The first kappa shape index (κ1) is 15.2. The van der Waals surface area contributed by atoms with Crippen molar-refractivity contribution in [1.82, 2.24) is 0 Å². The monoisotopic (exact) mass is 275 g/mol. The highest BCUT2D eigenvalue weighted by Gasteiger charge is 2.21. The van der Waals surface area contributed by atoms with E-state index in [1.54, 1.807) is 0 Å². The minimum Gasteiger partial charge on any atom is -0.492 e. The van der Waals surface area contributed by atoms with Gasteiger partial charge in [0.1, 0.15) is 5.75 Å². The largest absolute Gasteiger partial charge is 0.492 e. The molecule has 1 aliphatic rings. The molecule has 1 aromatic rings. The molecule has 1 N–H and O–H groups in total. The Balaban J connectivity index is 1.96. The maximum absolute atomic E-state index is 5.71. The molecular weight excluding hydrogens is 246 g/mol. The van der Waals surface area contributed by atoms with E-state index in [0.29, 0.717) is 6.04 Å². The van der Waals surface area contributed by atoms with E-state index in [1.165, 1.54) is 32.1 Å². The van der Waals surface area contributed by atoms with E-state index in [9.17, 15) is 0 Å². The van der Waals surface area contributed by atoms with Crippen LogP contribution in [-0.2, 0) is 0 Å². The molecule has 20 heavy (non-hydrogen) atoms. The fourth-order valence-corrected chi connectivity index (χ4v) is 3.23. The molecule has 0 aromatic heterocycles. The molecule has 0 radical (unpaired) electrons. The van der Waals surface area contributed by atoms with Gasteiger partial charge < -0.3 is 10.1 Å². The molecule has 0 aliphatic heterocycles. The fourth-order valence-electron chi connectivity index (χ4n) is 3.23. The van der Waals surface area contributed by atoms with Crippen LogP contribution in [0.4, 0.5) is 5.69 Å². The van der Waals surface area contributed by atoms with Crippen LogP contribution in [0, 0.1) is 11.8 Å². The van der Waals surface area contributed by atoms with Crippen molar-refractivity contribution in [2.24, 2.45) is 11.8 Å². The van der Waals surface area contributed by atoms with E-state index < -0.39 is 0 Å². The smallest absolute Gasteiger partial charge is 0.142 e. The summed E-state index contributed by atoms with van der Waals surface area (Å²) in [6.07, 6.45) is 6.65. The van der Waals surface area contributed by atoms with Crippen molar-refractivity contribution in [3.8, 4) is 5.75 Å². The van der Waals surface area contributed by atoms with E-state index in [-0.39, 0.29) is 0 Å². The molecule has 2 unspecified atom stereocenters. The molecule has 0 heterocycles. The van der Waals surface area contributed by atoms with Crippen molar-refractivity contribution in [3.63, 3.8) is 0 Å². The Bertz CT molecular complexity index is 402. The molecule has 0 amide bonds. The molecule has 1 aromatic carbocycles. The third-order valence-electron chi connectivity index (χ3n) is 4.50. The van der Waals surface area contributed by atoms with Crippen molar-refractivity contribution < 1.29 is 4.74 Å². The number of para-hydroxylation sites is 2. The molecular formula is C18H29NO. The van der Waals surface area contributed by atoms with Gasteiger partial charge in [-0.3, -0.25) is 0 Å². The van der Waals surface area contributed by atoms with Crippen LogP contribution in [0.5, 0.6) is 5.75 Å². The molecule has 112 valence electrons. The van der Waals surface area contributed by atoms with Crippen molar-refractivity contribution >= 4 is 5.69 Å². The molecule has 2 nitrogen and oxygen atoms in total. The van der Waals surface area contributed by atoms with Crippen LogP contribution >= 0.6 is 0 Å². The first-order valence-corrected chi connectivity index (χ1v) is 8.19. The quantitative estimate of drug-likeness (QED) is 0.755. The van der Waals surface area contributed by atoms with Gasteiger partial charge in [-0.05, 0) is 50.2 Å². The van der Waals surface area contributed by atoms with Crippen LogP contribution in [0.3, 0.4) is 0 Å². The Hall–Kier alpha value is -1.18. The minimum absolute atomic E-state index is 0.598. The van der Waals surface area contributed by atoms with Crippen LogP contribution in [0.15, 0.2) is 24.3 Å². The van der Waals surface area contributed by atoms with Gasteiger partial charge in [0.05, 0.1) is 12.3 Å². The Labute approximate surface area is 123 Å². The van der Waals surface area contributed by atoms with Gasteiger partial charge in [-0.1, -0.05) is 38.8 Å². The zero-order valence-electron chi connectivity index (χ0n) is 13.2. The molecule has 0 saturated heterocycles. The second kappa shape index (κ2) is 7.56. The number of rotatable bonds is 5. The van der Waals surface area contributed by atoms with Crippen LogP contribution in [0.25, 0.3) is 0 Å². The lowest BCUT2D eigenvalue weighted by molar-refractivity contribution is 0.339. The number of hydrogen-bond acceptors (Lipinski definition) is 2. The highest BCUT2D eigenvalue weighted by atomic mass is 16.5. The van der Waals surface area contributed by atoms with E-state index in [4.69, 9.17) is 4.74 Å². The predicted molar refractivity (Wildman–Crippen MR) is 86.4 cm³/mol. The minimum atomic E-state index is 0.598. The van der Waals surface area contributed by atoms with E-state index in [0.717, 1.165) is 29.9 Å². The number of nitrogens with one attached hydrogen (secondary N) is 1. The maximum Gasteiger partial charge on any atom is 0.142 e. The molecule has 1 fully saturated rings. The molecule has 1 aliphatic carbocycles. The van der Waals surface area contributed by atoms with Gasteiger partial charge in [0, 0.05) is 6.04 Å². The molecule has 1 saturated carbocycles. The van der Waals surface area contributed by atoms with Gasteiger partial charge in [-0.2, -0.15) is 0 Å². The van der Waals surface area contributed by atoms with Crippen molar-refractivity contribution in [3.05, 3.63) is 24.3 Å². The Morgan fingerprint density at radius 2 is 1.95 bits per heavy atom. The predicted octanol–water partition coefficient (Wildman–Crippen LogP) is 5.10. The van der Waals surface area contributed by atoms with E-state index in [1.807, 2.05) is 13.0 Å². The van der Waals surface area contributed by atoms with Gasteiger partial charge in [-0.25, -0.2) is 0 Å². The molecule has 2 heteroatoms. The van der Waals surface area contributed by atoms with Gasteiger partial charge in [0.2, 0.25) is 0 Å². The first-order valence-electron chi connectivity index (χ1n) is 8.19. The summed E-state index contributed by atoms with van der Waals surface area (Å²) >= 11 is 0. The lowest BCUT2D eigenvalue weighted by Crippen LogP contribution is -2.19. The van der Waals surface area contributed by atoms with Crippen molar-refractivity contribution in [1.29, 1.82) is 0 Å². The summed E-state index contributed by atoms with van der Waals surface area (Å²) in [5.41, 5.74) is 1.15. The Kier molecular flexibility index (Phi) is 5.75. The lowest BCUT2D eigenvalue weighted by Gasteiger charge is -2.21. The first-order chi connectivity index (χ1) is 9.70. The maximum atomic E-state index is 5.71. The summed E-state index contributed by atoms with van der Waals surface area (Å²) in [6, 6.07) is 8.91. The summed E-state index contributed by atoms with van der Waals surface area (Å²) in [6.45, 7) is 7.49. The fraction of sp³-hybridized carbons (Fsp3) is 0.667. The van der Waals surface area contributed by atoms with Crippen molar-refractivity contribution in [2.75, 3.05) is 11.9 Å². The van der Waals surface area contributed by atoms with E-state index >= 15 is 0 Å². The SMILES string of the molecule is CCOc1ccccc1NC1CCCC(C(C)C)CC1. The third kappa shape index (κ3) is 4.16. The van der Waals surface area contributed by atoms with Crippen LogP contribution in [0.2, 0.25) is 0 Å². The summed E-state index contributed by atoms with van der Waals surface area (Å²) in [5.74, 6) is 2.72. The number of benzene rings is 1. The normalized spacial score (nSPS) is 23.4. The van der Waals surface area contributed by atoms with Gasteiger partial charge in [0.15, 0.2) is 0 Å². The Morgan fingerprint density at radius 3 is 2.70 bits per heavy atom. The van der Waals surface area contributed by atoms with Gasteiger partial charge >= 0.3 is 0 Å². The van der Waals surface area contributed by atoms with Crippen LogP contribution in [0.1, 0.15) is 52.9 Å². The molecule has 0 bridgehead atoms. The van der Waals surface area contributed by atoms with Crippen LogP contribution < -0.4 is 10.1 Å². The number of hydrogen-bond donors (Lipinski definition) is 1. The second-order valence-electron chi connectivity index (χ2n) is 6.28. The van der Waals surface area contributed by atoms with Crippen LogP contribution in [-0.4, -0.2) is 12.6 Å². The third-order valence-corrected chi connectivity index (χ3v) is 4.50. The highest BCUT2D eigenvalue weighted by Crippen LogP contribution is 2.32. The summed E-state index contributed by atoms with van der Waals surface area (Å²) in [5, 5.41) is 3.71. The zero-order chi connectivity index (χ0) is 14.4. The number of anilines is 1. The molecule has 2 atom stereocenters. The van der Waals surface area contributed by atoms with Crippen molar-refractivity contribution in [2.45, 2.75) is 58.9 Å². The second-order valence-corrected chi connectivity index (χ2v) is 6.28. The lowest BCUT2D eigenvalue weighted by atomic mass is 9.89. The van der Waals surface area contributed by atoms with E-state index in [2.05, 4.69) is 37.4 Å². The molecule has 0 spiro atoms. The standard InChI is InChI=1S/C18H29NO/c1-4-20-18-11-6-5-10-17(18)19-16-9-7-8-15(12-13-16)14(2)3/h5-6,10-11,14-16,19H,4,7-9,12-13H2,1-3H3. The highest BCUT2D eigenvalue weighted by molar-refractivity contribution is 5.56. The average Bonchev–Trinajstić information content (AvgIpc) is 2.67. The zero-order valence-corrected chi connectivity index (χ0v) is 13.2. The van der Waals surface area contributed by atoms with Gasteiger partial charge in [-0.15, -0.1) is 0 Å². The summed E-state index contributed by atoms with van der Waals surface area (Å²) in [7, 11) is 0. The van der Waals surface area contributed by atoms with Gasteiger partial charge in [0.25, 0.3) is 0 Å². The summed E-state index contributed by atoms with van der Waals surface area (Å²) in [4.78, 5) is 0. The Morgan fingerprint density at radius 1 is 1.15 bits per heavy atom. The average molecular weight is 275 g/mol. The topological polar surface area (TPSA) is 21.3 Å². The molecule has 2 rings (SSSR count).